The summed E-state index contributed by atoms with van der Waals surface area (Å²) in [5, 5.41) is 26.2. The summed E-state index contributed by atoms with van der Waals surface area (Å²) in [5.74, 6) is -1.63. The van der Waals surface area contributed by atoms with Crippen LogP contribution in [0.3, 0.4) is 0 Å². The van der Waals surface area contributed by atoms with Crippen LogP contribution in [0.5, 0.6) is 0 Å². The van der Waals surface area contributed by atoms with E-state index >= 15 is 0 Å². The lowest BCUT2D eigenvalue weighted by Crippen LogP contribution is -2.56. The minimum absolute atomic E-state index is 0.150. The summed E-state index contributed by atoms with van der Waals surface area (Å²) in [5.41, 5.74) is 0.935. The number of aliphatic hydroxyl groups is 2. The van der Waals surface area contributed by atoms with Crippen LogP contribution in [0, 0.1) is 0 Å². The number of aliphatic hydroxyl groups excluding tert-OH is 2. The number of rotatable bonds is 12. The zero-order chi connectivity index (χ0) is 31.2. The zero-order valence-electron chi connectivity index (χ0n) is 23.2. The maximum absolute atomic E-state index is 13.1. The fourth-order valence-electron chi connectivity index (χ4n) is 5.51. The van der Waals surface area contributed by atoms with Gasteiger partial charge in [0.05, 0.1) is 35.7 Å². The number of aromatic nitrogens is 3. The van der Waals surface area contributed by atoms with Gasteiger partial charge in [-0.2, -0.15) is 5.10 Å². The van der Waals surface area contributed by atoms with Crippen molar-refractivity contribution >= 4 is 51.8 Å². The fourth-order valence-corrected chi connectivity index (χ4v) is 8.18. The molecule has 0 bridgehead atoms. The standard InChI is InChI=1S/C24H35ClN5O11PS/c1-39-12-24(42(34,35)36,23(33)29-43(37,38)14-7-4-8-14)40-11-17-19(31)20(32)22(41-17)30-21-15(10-26-30)16(9-18(25)28-21)27-13-5-2-3-6-13/h9-10,13-14,17,19-20,22,31-32H,2-8,11-12H2,1H3,(H,27,28)(H,29,33)(H2,34,35,36)/t17-,19-,20-,22-,24-/m1/s1. The maximum Gasteiger partial charge on any atom is 0.369 e. The van der Waals surface area contributed by atoms with Crippen molar-refractivity contribution in [2.24, 2.45) is 0 Å². The number of anilines is 1. The van der Waals surface area contributed by atoms with Gasteiger partial charge in [-0.05, 0) is 31.7 Å². The molecule has 2 aliphatic carbocycles. The molecular weight excluding hydrogens is 633 g/mol. The Morgan fingerprint density at radius 3 is 2.51 bits per heavy atom. The van der Waals surface area contributed by atoms with Gasteiger partial charge in [0, 0.05) is 13.2 Å². The predicted molar refractivity (Wildman–Crippen MR) is 152 cm³/mol. The molecule has 19 heteroatoms. The van der Waals surface area contributed by atoms with Gasteiger partial charge in [0.1, 0.15) is 23.5 Å². The monoisotopic (exact) mass is 667 g/mol. The summed E-state index contributed by atoms with van der Waals surface area (Å²) in [6.07, 6.45) is 0.881. The molecule has 0 unspecified atom stereocenters. The van der Waals surface area contributed by atoms with Crippen molar-refractivity contribution in [2.75, 3.05) is 25.6 Å². The van der Waals surface area contributed by atoms with Gasteiger partial charge in [0.2, 0.25) is 10.0 Å². The Balaban J connectivity index is 1.37. The number of pyridine rings is 1. The number of hydrogen-bond donors (Lipinski definition) is 6. The van der Waals surface area contributed by atoms with Crippen LogP contribution in [-0.4, -0.2) is 104 Å². The van der Waals surface area contributed by atoms with E-state index in [9.17, 15) is 37.8 Å². The average Bonchev–Trinajstić information content (AvgIpc) is 3.60. The summed E-state index contributed by atoms with van der Waals surface area (Å²) in [7, 11) is -8.78. The molecule has 0 aromatic carbocycles. The first-order valence-corrected chi connectivity index (χ1v) is 17.4. The number of nitrogens with zero attached hydrogens (tertiary/aromatic N) is 3. The first-order chi connectivity index (χ1) is 20.3. The molecule has 1 saturated heterocycles. The molecule has 16 nitrogen and oxygen atoms in total. The van der Waals surface area contributed by atoms with Crippen molar-refractivity contribution in [3.05, 3.63) is 17.4 Å². The maximum atomic E-state index is 13.1. The molecule has 0 spiro atoms. The fraction of sp³-hybridized carbons (Fsp3) is 0.708. The average molecular weight is 668 g/mol. The smallest absolute Gasteiger partial charge is 0.369 e. The second-order valence-corrected chi connectivity index (χ2v) is 15.3. The molecule has 0 radical (unpaired) electrons. The van der Waals surface area contributed by atoms with Gasteiger partial charge in [-0.15, -0.1) is 0 Å². The van der Waals surface area contributed by atoms with Crippen molar-refractivity contribution in [2.45, 2.75) is 86.1 Å². The molecule has 5 atom stereocenters. The molecule has 240 valence electrons. The molecule has 5 rings (SSSR count). The highest BCUT2D eigenvalue weighted by Crippen LogP contribution is 2.52. The normalized spacial score (nSPS) is 26.8. The first kappa shape index (κ1) is 32.5. The predicted octanol–water partition coefficient (Wildman–Crippen LogP) is 0.594. The SMILES string of the molecule is COC[C@](OC[C@H]1O[C@@H](n2ncc3c(NC4CCCC4)cc(Cl)nc32)[C@H](O)[C@@H]1O)(C(=O)NS(=O)(=O)C1CCC1)P(=O)(O)O. The number of carbonyl (C=O) groups excluding carboxylic acids is 1. The van der Waals surface area contributed by atoms with Gasteiger partial charge in [0.25, 0.3) is 11.2 Å². The van der Waals surface area contributed by atoms with Crippen LogP contribution in [0.2, 0.25) is 5.15 Å². The van der Waals surface area contributed by atoms with Crippen LogP contribution < -0.4 is 10.0 Å². The molecular formula is C24H35ClN5O11PS. The number of methoxy groups -OCH3 is 1. The van der Waals surface area contributed by atoms with E-state index in [1.165, 1.54) is 10.9 Å². The quantitative estimate of drug-likeness (QED) is 0.134. The summed E-state index contributed by atoms with van der Waals surface area (Å²) < 4.78 is 56.8. The van der Waals surface area contributed by atoms with Crippen molar-refractivity contribution in [3.63, 3.8) is 0 Å². The highest BCUT2D eigenvalue weighted by atomic mass is 35.5. The Morgan fingerprint density at radius 2 is 1.91 bits per heavy atom. The minimum Gasteiger partial charge on any atom is -0.387 e. The second-order valence-electron chi connectivity index (χ2n) is 11.1. The Kier molecular flexibility index (Phi) is 9.41. The van der Waals surface area contributed by atoms with Crippen molar-refractivity contribution in [3.8, 4) is 0 Å². The van der Waals surface area contributed by atoms with E-state index in [0.29, 0.717) is 30.3 Å². The Morgan fingerprint density at radius 1 is 1.21 bits per heavy atom. The molecule has 1 aliphatic heterocycles. The summed E-state index contributed by atoms with van der Waals surface area (Å²) >= 11 is 6.29. The number of amides is 1. The zero-order valence-corrected chi connectivity index (χ0v) is 25.7. The third-order valence-corrected chi connectivity index (χ3v) is 11.6. The number of hydrogen-bond acceptors (Lipinski definition) is 12. The lowest BCUT2D eigenvalue weighted by Gasteiger charge is -2.34. The second kappa shape index (κ2) is 12.5. The molecule has 2 aromatic rings. The molecule has 43 heavy (non-hydrogen) atoms. The number of nitrogens with one attached hydrogen (secondary N) is 2. The van der Waals surface area contributed by atoms with E-state index in [0.717, 1.165) is 32.8 Å². The number of fused-ring (bicyclic) bond motifs is 1. The minimum atomic E-state index is -5.57. The van der Waals surface area contributed by atoms with E-state index < -0.39 is 71.9 Å². The van der Waals surface area contributed by atoms with E-state index in [1.54, 1.807) is 10.8 Å². The van der Waals surface area contributed by atoms with E-state index in [-0.39, 0.29) is 16.8 Å². The summed E-state index contributed by atoms with van der Waals surface area (Å²) in [6.45, 7) is -1.87. The Hall–Kier alpha value is -1.92. The van der Waals surface area contributed by atoms with Gasteiger partial charge in [-0.3, -0.25) is 9.36 Å². The van der Waals surface area contributed by atoms with Gasteiger partial charge >= 0.3 is 7.60 Å². The summed E-state index contributed by atoms with van der Waals surface area (Å²) in [4.78, 5) is 37.8. The van der Waals surface area contributed by atoms with Crippen LogP contribution in [0.1, 0.15) is 51.2 Å². The van der Waals surface area contributed by atoms with Crippen molar-refractivity contribution < 1.29 is 52.0 Å². The third-order valence-electron chi connectivity index (χ3n) is 8.21. The van der Waals surface area contributed by atoms with E-state index in [1.807, 2.05) is 0 Å². The summed E-state index contributed by atoms with van der Waals surface area (Å²) in [6, 6.07) is 1.92. The van der Waals surface area contributed by atoms with E-state index in [4.69, 9.17) is 25.8 Å². The number of halogens is 1. The van der Waals surface area contributed by atoms with Gasteiger partial charge in [-0.25, -0.2) is 22.8 Å². The van der Waals surface area contributed by atoms with Crippen LogP contribution in [-0.2, 0) is 33.6 Å². The van der Waals surface area contributed by atoms with Crippen LogP contribution >= 0.6 is 19.2 Å². The molecule has 2 saturated carbocycles. The van der Waals surface area contributed by atoms with Crippen LogP contribution in [0.15, 0.2) is 12.3 Å². The van der Waals surface area contributed by atoms with Crippen LogP contribution in [0.25, 0.3) is 11.0 Å². The number of sulfonamides is 1. The largest absolute Gasteiger partial charge is 0.387 e. The van der Waals surface area contributed by atoms with Crippen molar-refractivity contribution in [1.29, 1.82) is 0 Å². The molecule has 1 amide bonds. The molecule has 3 fully saturated rings. The van der Waals surface area contributed by atoms with Crippen LogP contribution in [0.4, 0.5) is 5.69 Å². The Labute approximate surface area is 252 Å². The van der Waals surface area contributed by atoms with Gasteiger partial charge in [-0.1, -0.05) is 30.9 Å². The number of ether oxygens (including phenoxy) is 3. The lowest BCUT2D eigenvalue weighted by molar-refractivity contribution is -0.151. The van der Waals surface area contributed by atoms with Gasteiger partial charge < -0.3 is 39.5 Å². The van der Waals surface area contributed by atoms with E-state index in [2.05, 4.69) is 15.4 Å². The third kappa shape index (κ3) is 6.30. The topological polar surface area (TPSA) is 232 Å². The van der Waals surface area contributed by atoms with Crippen molar-refractivity contribution in [1.82, 2.24) is 19.5 Å². The molecule has 3 aliphatic rings. The first-order valence-electron chi connectivity index (χ1n) is 13.8. The highest BCUT2D eigenvalue weighted by Gasteiger charge is 2.58. The molecule has 6 N–H and O–H groups in total. The Bertz CT molecular complexity index is 1500. The molecule has 3 heterocycles. The van der Waals surface area contributed by atoms with Gasteiger partial charge in [0.15, 0.2) is 11.9 Å². The molecule has 2 aromatic heterocycles. The highest BCUT2D eigenvalue weighted by molar-refractivity contribution is 7.90. The number of carbonyl (C=O) groups is 1. The lowest BCUT2D eigenvalue weighted by atomic mass is 10.0.